The van der Waals surface area contributed by atoms with E-state index in [1.54, 1.807) is 0 Å². The highest BCUT2D eigenvalue weighted by Gasteiger charge is 2.28. The first-order chi connectivity index (χ1) is 7.13. The van der Waals surface area contributed by atoms with Crippen molar-refractivity contribution >= 4 is 0 Å². The van der Waals surface area contributed by atoms with Crippen LogP contribution in [-0.2, 0) is 0 Å². The molecule has 0 spiro atoms. The van der Waals surface area contributed by atoms with Gasteiger partial charge in [0.1, 0.15) is 0 Å². The maximum absolute atomic E-state index is 3.70. The largest absolute Gasteiger partial charge is 0.313 e. The third kappa shape index (κ3) is 4.55. The van der Waals surface area contributed by atoms with Gasteiger partial charge in [-0.25, -0.2) is 0 Å². The normalized spacial score (nSPS) is 20.6. The van der Waals surface area contributed by atoms with Crippen molar-refractivity contribution in [3.05, 3.63) is 0 Å². The van der Waals surface area contributed by atoms with Gasteiger partial charge in [-0.05, 0) is 37.0 Å². The van der Waals surface area contributed by atoms with Crippen molar-refractivity contribution in [2.24, 2.45) is 11.3 Å². The number of rotatable bonds is 8. The van der Waals surface area contributed by atoms with Crippen LogP contribution in [0.4, 0.5) is 0 Å². The van der Waals surface area contributed by atoms with Gasteiger partial charge >= 0.3 is 0 Å². The Kier molecular flexibility index (Phi) is 5.11. The summed E-state index contributed by atoms with van der Waals surface area (Å²) in [6, 6.07) is 0.859. The molecule has 1 atom stereocenters. The number of hydrogen-bond donors (Lipinski definition) is 1. The van der Waals surface area contributed by atoms with Crippen molar-refractivity contribution in [1.82, 2.24) is 5.32 Å². The zero-order valence-electron chi connectivity index (χ0n) is 11.1. The summed E-state index contributed by atoms with van der Waals surface area (Å²) < 4.78 is 0. The van der Waals surface area contributed by atoms with Crippen molar-refractivity contribution in [3.8, 4) is 0 Å². The van der Waals surface area contributed by atoms with Crippen LogP contribution in [0.15, 0.2) is 0 Å². The Bertz CT molecular complexity index is 170. The number of nitrogens with one attached hydrogen (secondary N) is 1. The second kappa shape index (κ2) is 5.89. The van der Waals surface area contributed by atoms with E-state index in [1.807, 2.05) is 0 Å². The fourth-order valence-corrected chi connectivity index (χ4v) is 2.29. The maximum Gasteiger partial charge on any atom is 0.00684 e. The van der Waals surface area contributed by atoms with Crippen LogP contribution in [0.3, 0.4) is 0 Å². The van der Waals surface area contributed by atoms with Gasteiger partial charge in [-0.2, -0.15) is 0 Å². The molecule has 1 aliphatic carbocycles. The molecule has 15 heavy (non-hydrogen) atoms. The van der Waals surface area contributed by atoms with Crippen LogP contribution in [0.2, 0.25) is 0 Å². The van der Waals surface area contributed by atoms with Crippen LogP contribution in [0.5, 0.6) is 0 Å². The molecule has 0 radical (unpaired) electrons. The minimum atomic E-state index is 0.527. The summed E-state index contributed by atoms with van der Waals surface area (Å²) in [5.74, 6) is 0.927. The van der Waals surface area contributed by atoms with Crippen molar-refractivity contribution < 1.29 is 0 Å². The predicted octanol–water partition coefficient (Wildman–Crippen LogP) is 3.98. The first-order valence-electron chi connectivity index (χ1n) is 6.87. The Labute approximate surface area is 96.0 Å². The fourth-order valence-electron chi connectivity index (χ4n) is 2.29. The van der Waals surface area contributed by atoms with Gasteiger partial charge in [-0.15, -0.1) is 0 Å². The molecule has 0 saturated heterocycles. The molecular formula is C14H29N. The van der Waals surface area contributed by atoms with Crippen molar-refractivity contribution in [2.45, 2.75) is 72.3 Å². The Morgan fingerprint density at radius 1 is 1.20 bits per heavy atom. The first-order valence-corrected chi connectivity index (χ1v) is 6.87. The summed E-state index contributed by atoms with van der Waals surface area (Å²) in [5, 5.41) is 3.70. The monoisotopic (exact) mass is 211 g/mol. The lowest BCUT2D eigenvalue weighted by Crippen LogP contribution is -2.34. The molecule has 1 rings (SSSR count). The smallest absolute Gasteiger partial charge is 0.00684 e. The van der Waals surface area contributed by atoms with E-state index in [2.05, 4.69) is 33.0 Å². The van der Waals surface area contributed by atoms with Gasteiger partial charge in [0.05, 0.1) is 0 Å². The molecule has 1 heteroatoms. The highest BCUT2D eigenvalue weighted by atomic mass is 15.0. The third-order valence-corrected chi connectivity index (χ3v) is 4.18. The molecule has 0 aromatic rings. The zero-order valence-corrected chi connectivity index (χ0v) is 11.1. The molecule has 1 aliphatic rings. The van der Waals surface area contributed by atoms with E-state index in [0.717, 1.165) is 12.0 Å². The summed E-state index contributed by atoms with van der Waals surface area (Å²) in [4.78, 5) is 0. The Hall–Kier alpha value is -0.0400. The summed E-state index contributed by atoms with van der Waals surface area (Å²) in [7, 11) is 0. The second-order valence-corrected chi connectivity index (χ2v) is 5.71. The van der Waals surface area contributed by atoms with Crippen LogP contribution >= 0.6 is 0 Å². The van der Waals surface area contributed by atoms with Crippen molar-refractivity contribution in [1.29, 1.82) is 0 Å². The average molecular weight is 211 g/mol. The lowest BCUT2D eigenvalue weighted by atomic mass is 9.77. The molecule has 0 aromatic heterocycles. The second-order valence-electron chi connectivity index (χ2n) is 5.71. The van der Waals surface area contributed by atoms with Gasteiger partial charge < -0.3 is 5.32 Å². The summed E-state index contributed by atoms with van der Waals surface area (Å²) >= 11 is 0. The molecule has 1 N–H and O–H groups in total. The summed E-state index contributed by atoms with van der Waals surface area (Å²) in [6.45, 7) is 10.7. The van der Waals surface area contributed by atoms with Crippen LogP contribution < -0.4 is 5.32 Å². The lowest BCUT2D eigenvalue weighted by Gasteiger charge is -2.32. The van der Waals surface area contributed by atoms with Crippen LogP contribution in [0.25, 0.3) is 0 Å². The van der Waals surface area contributed by atoms with Crippen molar-refractivity contribution in [2.75, 3.05) is 6.54 Å². The van der Waals surface area contributed by atoms with Gasteiger partial charge in [0.15, 0.2) is 0 Å². The lowest BCUT2D eigenvalue weighted by molar-refractivity contribution is 0.212. The Balaban J connectivity index is 2.34. The molecule has 1 fully saturated rings. The SMILES string of the molecule is CCC(CC)CC(C)(CC)CNC1CC1. The molecule has 1 nitrogen and oxygen atoms in total. The Morgan fingerprint density at radius 2 is 1.80 bits per heavy atom. The molecule has 90 valence electrons. The van der Waals surface area contributed by atoms with Gasteiger partial charge in [0.25, 0.3) is 0 Å². The number of hydrogen-bond acceptors (Lipinski definition) is 1. The third-order valence-electron chi connectivity index (χ3n) is 4.18. The quantitative estimate of drug-likeness (QED) is 0.640. The van der Waals surface area contributed by atoms with Gasteiger partial charge in [-0.3, -0.25) is 0 Å². The van der Waals surface area contributed by atoms with E-state index in [4.69, 9.17) is 0 Å². The van der Waals surface area contributed by atoms with E-state index < -0.39 is 0 Å². The predicted molar refractivity (Wildman–Crippen MR) is 68.1 cm³/mol. The highest BCUT2D eigenvalue weighted by Crippen LogP contribution is 2.33. The Morgan fingerprint density at radius 3 is 2.20 bits per heavy atom. The van der Waals surface area contributed by atoms with E-state index in [1.165, 1.54) is 45.1 Å². The van der Waals surface area contributed by atoms with Gasteiger partial charge in [0, 0.05) is 12.6 Å². The maximum atomic E-state index is 3.70. The molecule has 0 heterocycles. The van der Waals surface area contributed by atoms with E-state index in [-0.39, 0.29) is 0 Å². The zero-order chi connectivity index (χ0) is 11.3. The van der Waals surface area contributed by atoms with Crippen LogP contribution in [0, 0.1) is 11.3 Å². The molecular weight excluding hydrogens is 182 g/mol. The topological polar surface area (TPSA) is 12.0 Å². The van der Waals surface area contributed by atoms with Crippen molar-refractivity contribution in [3.63, 3.8) is 0 Å². The first kappa shape index (κ1) is 13.0. The minimum Gasteiger partial charge on any atom is -0.313 e. The van der Waals surface area contributed by atoms with E-state index in [9.17, 15) is 0 Å². The standard InChI is InChI=1S/C14H29N/c1-5-12(6-2)10-14(4,7-3)11-15-13-8-9-13/h12-13,15H,5-11H2,1-4H3. The molecule has 1 unspecified atom stereocenters. The average Bonchev–Trinajstić information content (AvgIpc) is 3.07. The van der Waals surface area contributed by atoms with E-state index >= 15 is 0 Å². The van der Waals surface area contributed by atoms with Crippen LogP contribution in [0.1, 0.15) is 66.2 Å². The molecule has 0 aromatic carbocycles. The molecule has 0 bridgehead atoms. The fraction of sp³-hybridized carbons (Fsp3) is 1.00. The van der Waals surface area contributed by atoms with Gasteiger partial charge in [-0.1, -0.05) is 40.5 Å². The molecule has 0 aliphatic heterocycles. The van der Waals surface area contributed by atoms with Gasteiger partial charge in [0.2, 0.25) is 0 Å². The minimum absolute atomic E-state index is 0.527. The molecule has 0 amide bonds. The van der Waals surface area contributed by atoms with E-state index in [0.29, 0.717) is 5.41 Å². The summed E-state index contributed by atoms with van der Waals surface area (Å²) in [6.07, 6.45) is 8.21. The molecule has 1 saturated carbocycles. The summed E-state index contributed by atoms with van der Waals surface area (Å²) in [5.41, 5.74) is 0.527. The highest BCUT2D eigenvalue weighted by molar-refractivity contribution is 4.86. The van der Waals surface area contributed by atoms with Crippen LogP contribution in [-0.4, -0.2) is 12.6 Å².